The van der Waals surface area contributed by atoms with E-state index in [1.165, 1.54) is 22.4 Å². The van der Waals surface area contributed by atoms with Crippen LogP contribution in [-0.2, 0) is 19.4 Å². The number of fused-ring (bicyclic) bond motifs is 1. The predicted octanol–water partition coefficient (Wildman–Crippen LogP) is 2.09. The lowest BCUT2D eigenvalue weighted by atomic mass is 10.1. The standard InChI is InChI=1S/C16H20N4/c1-12-4-2-3-5-13(12)6-9-18-16-14-10-17-8-7-15(14)19-11-20-16/h2-5,11,17H,6-10H2,1H3,(H,18,19,20). The van der Waals surface area contributed by atoms with Crippen molar-refractivity contribution in [1.29, 1.82) is 0 Å². The van der Waals surface area contributed by atoms with Crippen LogP contribution in [0.2, 0.25) is 0 Å². The second-order valence-corrected chi connectivity index (χ2v) is 5.18. The van der Waals surface area contributed by atoms with E-state index < -0.39 is 0 Å². The summed E-state index contributed by atoms with van der Waals surface area (Å²) in [6, 6.07) is 8.53. The molecule has 2 heterocycles. The number of nitrogens with zero attached hydrogens (tertiary/aromatic N) is 2. The van der Waals surface area contributed by atoms with Crippen molar-refractivity contribution >= 4 is 5.82 Å². The predicted molar refractivity (Wildman–Crippen MR) is 80.8 cm³/mol. The first kappa shape index (κ1) is 13.1. The number of nitrogens with one attached hydrogen (secondary N) is 2. The van der Waals surface area contributed by atoms with Crippen LogP contribution in [0, 0.1) is 6.92 Å². The van der Waals surface area contributed by atoms with Gasteiger partial charge in [-0.1, -0.05) is 24.3 Å². The number of hydrogen-bond acceptors (Lipinski definition) is 4. The molecule has 2 N–H and O–H groups in total. The maximum atomic E-state index is 4.38. The van der Waals surface area contributed by atoms with Crippen LogP contribution in [0.3, 0.4) is 0 Å². The molecule has 20 heavy (non-hydrogen) atoms. The second-order valence-electron chi connectivity index (χ2n) is 5.18. The topological polar surface area (TPSA) is 49.8 Å². The fourth-order valence-electron chi connectivity index (χ4n) is 2.63. The number of aromatic nitrogens is 2. The Labute approximate surface area is 119 Å². The summed E-state index contributed by atoms with van der Waals surface area (Å²) in [4.78, 5) is 8.75. The summed E-state index contributed by atoms with van der Waals surface area (Å²) in [5.41, 5.74) is 5.14. The van der Waals surface area contributed by atoms with Crippen LogP contribution in [0.1, 0.15) is 22.4 Å². The van der Waals surface area contributed by atoms with Gasteiger partial charge in [-0.3, -0.25) is 0 Å². The Morgan fingerprint density at radius 3 is 3.05 bits per heavy atom. The number of hydrogen-bond donors (Lipinski definition) is 2. The fraction of sp³-hybridized carbons (Fsp3) is 0.375. The molecule has 104 valence electrons. The molecule has 1 aliphatic heterocycles. The van der Waals surface area contributed by atoms with Crippen molar-refractivity contribution in [3.63, 3.8) is 0 Å². The van der Waals surface area contributed by atoms with Gasteiger partial charge in [-0.15, -0.1) is 0 Å². The van der Waals surface area contributed by atoms with Gasteiger partial charge in [-0.05, 0) is 24.5 Å². The number of aryl methyl sites for hydroxylation is 1. The summed E-state index contributed by atoms with van der Waals surface area (Å²) in [7, 11) is 0. The van der Waals surface area contributed by atoms with Crippen molar-refractivity contribution in [2.24, 2.45) is 0 Å². The molecule has 0 atom stereocenters. The van der Waals surface area contributed by atoms with E-state index in [0.29, 0.717) is 0 Å². The van der Waals surface area contributed by atoms with E-state index in [1.807, 2.05) is 0 Å². The molecular weight excluding hydrogens is 248 g/mol. The van der Waals surface area contributed by atoms with Gasteiger partial charge >= 0.3 is 0 Å². The average molecular weight is 268 g/mol. The van der Waals surface area contributed by atoms with Gasteiger partial charge in [0.15, 0.2) is 0 Å². The van der Waals surface area contributed by atoms with Gasteiger partial charge in [-0.2, -0.15) is 0 Å². The zero-order chi connectivity index (χ0) is 13.8. The molecule has 0 saturated carbocycles. The smallest absolute Gasteiger partial charge is 0.134 e. The van der Waals surface area contributed by atoms with Gasteiger partial charge in [0.2, 0.25) is 0 Å². The van der Waals surface area contributed by atoms with Gasteiger partial charge in [0.1, 0.15) is 12.1 Å². The summed E-state index contributed by atoms with van der Waals surface area (Å²) >= 11 is 0. The van der Waals surface area contributed by atoms with Crippen molar-refractivity contribution in [1.82, 2.24) is 15.3 Å². The number of anilines is 1. The molecule has 1 aromatic carbocycles. The lowest BCUT2D eigenvalue weighted by molar-refractivity contribution is 0.627. The normalized spacial score (nSPS) is 13.8. The highest BCUT2D eigenvalue weighted by molar-refractivity contribution is 5.47. The Morgan fingerprint density at radius 1 is 1.25 bits per heavy atom. The lowest BCUT2D eigenvalue weighted by Crippen LogP contribution is -2.26. The minimum Gasteiger partial charge on any atom is -0.369 e. The third-order valence-corrected chi connectivity index (χ3v) is 3.82. The summed E-state index contributed by atoms with van der Waals surface area (Å²) in [6.45, 7) is 4.93. The molecule has 0 radical (unpaired) electrons. The van der Waals surface area contributed by atoms with Crippen molar-refractivity contribution in [3.05, 3.63) is 53.0 Å². The van der Waals surface area contributed by atoms with Crippen LogP contribution < -0.4 is 10.6 Å². The van der Waals surface area contributed by atoms with Crippen LogP contribution >= 0.6 is 0 Å². The summed E-state index contributed by atoms with van der Waals surface area (Å²) in [5.74, 6) is 0.982. The third-order valence-electron chi connectivity index (χ3n) is 3.82. The van der Waals surface area contributed by atoms with Crippen molar-refractivity contribution < 1.29 is 0 Å². The molecule has 4 heteroatoms. The first-order chi connectivity index (χ1) is 9.84. The van der Waals surface area contributed by atoms with E-state index in [1.54, 1.807) is 6.33 Å². The van der Waals surface area contributed by atoms with Crippen molar-refractivity contribution in [2.45, 2.75) is 26.3 Å². The quantitative estimate of drug-likeness (QED) is 0.891. The highest BCUT2D eigenvalue weighted by Crippen LogP contribution is 2.18. The Balaban J connectivity index is 1.66. The molecule has 0 spiro atoms. The van der Waals surface area contributed by atoms with E-state index in [-0.39, 0.29) is 0 Å². The van der Waals surface area contributed by atoms with E-state index in [2.05, 4.69) is 51.8 Å². The van der Waals surface area contributed by atoms with E-state index in [4.69, 9.17) is 0 Å². The molecule has 1 aromatic heterocycles. The Morgan fingerprint density at radius 2 is 2.15 bits per heavy atom. The van der Waals surface area contributed by atoms with Crippen LogP contribution in [0.25, 0.3) is 0 Å². The molecule has 4 nitrogen and oxygen atoms in total. The summed E-state index contributed by atoms with van der Waals surface area (Å²) in [6.07, 6.45) is 3.67. The highest BCUT2D eigenvalue weighted by atomic mass is 15.0. The minimum atomic E-state index is 0.864. The molecule has 0 bridgehead atoms. The zero-order valence-electron chi connectivity index (χ0n) is 11.8. The Bertz CT molecular complexity index is 595. The first-order valence-electron chi connectivity index (χ1n) is 7.16. The fourth-order valence-corrected chi connectivity index (χ4v) is 2.63. The van der Waals surface area contributed by atoms with Crippen molar-refractivity contribution in [2.75, 3.05) is 18.4 Å². The van der Waals surface area contributed by atoms with E-state index in [0.717, 1.165) is 38.3 Å². The van der Waals surface area contributed by atoms with Crippen LogP contribution in [0.5, 0.6) is 0 Å². The van der Waals surface area contributed by atoms with Crippen molar-refractivity contribution in [3.8, 4) is 0 Å². The molecule has 3 rings (SSSR count). The Kier molecular flexibility index (Phi) is 3.92. The van der Waals surface area contributed by atoms with E-state index in [9.17, 15) is 0 Å². The van der Waals surface area contributed by atoms with E-state index >= 15 is 0 Å². The molecule has 0 unspecified atom stereocenters. The number of benzene rings is 1. The van der Waals surface area contributed by atoms with Gasteiger partial charge in [-0.25, -0.2) is 9.97 Å². The highest BCUT2D eigenvalue weighted by Gasteiger charge is 2.14. The van der Waals surface area contributed by atoms with Gasteiger partial charge in [0, 0.05) is 31.6 Å². The second kappa shape index (κ2) is 6.01. The monoisotopic (exact) mass is 268 g/mol. The summed E-state index contributed by atoms with van der Waals surface area (Å²) < 4.78 is 0. The summed E-state index contributed by atoms with van der Waals surface area (Å²) in [5, 5.41) is 6.84. The Hall–Kier alpha value is -1.94. The molecule has 0 fully saturated rings. The maximum Gasteiger partial charge on any atom is 0.134 e. The van der Waals surface area contributed by atoms with Crippen LogP contribution in [-0.4, -0.2) is 23.1 Å². The molecule has 0 amide bonds. The molecule has 0 saturated heterocycles. The van der Waals surface area contributed by atoms with Crippen LogP contribution in [0.15, 0.2) is 30.6 Å². The molecular formula is C16H20N4. The maximum absolute atomic E-state index is 4.38. The van der Waals surface area contributed by atoms with Crippen LogP contribution in [0.4, 0.5) is 5.82 Å². The molecule has 1 aliphatic rings. The molecule has 0 aliphatic carbocycles. The van der Waals surface area contributed by atoms with Gasteiger partial charge in [0.25, 0.3) is 0 Å². The first-order valence-corrected chi connectivity index (χ1v) is 7.16. The molecule has 2 aromatic rings. The largest absolute Gasteiger partial charge is 0.369 e. The third kappa shape index (κ3) is 2.80. The minimum absolute atomic E-state index is 0.864. The zero-order valence-corrected chi connectivity index (χ0v) is 11.8. The van der Waals surface area contributed by atoms with Gasteiger partial charge < -0.3 is 10.6 Å². The SMILES string of the molecule is Cc1ccccc1CCNc1ncnc2c1CNCC2. The average Bonchev–Trinajstić information content (AvgIpc) is 2.49. The lowest BCUT2D eigenvalue weighted by Gasteiger charge is -2.19. The van der Waals surface area contributed by atoms with Gasteiger partial charge in [0.05, 0.1) is 5.69 Å². The number of rotatable bonds is 4.